The molecule has 1 heterocycles. The van der Waals surface area contributed by atoms with E-state index < -0.39 is 0 Å². The first-order chi connectivity index (χ1) is 5.88. The molecule has 0 fully saturated rings. The van der Waals surface area contributed by atoms with E-state index in [2.05, 4.69) is 43.0 Å². The van der Waals surface area contributed by atoms with Crippen molar-refractivity contribution in [1.29, 1.82) is 0 Å². The minimum Gasteiger partial charge on any atom is -0.417 e. The smallest absolute Gasteiger partial charge is 0.280 e. The molecule has 1 aliphatic rings. The summed E-state index contributed by atoms with van der Waals surface area (Å²) in [5.41, 5.74) is 0. The monoisotopic (exact) mass is 163 g/mol. The predicted octanol–water partition coefficient (Wildman–Crippen LogP) is 2.72. The fraction of sp³-hybridized carbons (Fsp3) is 0.600. The molecule has 0 aliphatic carbocycles. The molecule has 0 N–H and O–H groups in total. The van der Waals surface area contributed by atoms with Crippen LogP contribution in [-0.2, 0) is 0 Å². The Morgan fingerprint density at radius 1 is 1.25 bits per heavy atom. The number of unbranched alkanes of at least 4 members (excludes halogenated alkanes) is 1. The summed E-state index contributed by atoms with van der Waals surface area (Å²) in [5, 5.41) is 0. The summed E-state index contributed by atoms with van der Waals surface area (Å²) in [5.74, 6) is 2.30. The Kier molecular flexibility index (Phi) is 3.99. The Balaban J connectivity index is 2.39. The first-order valence-corrected chi connectivity index (χ1v) is 4.99. The van der Waals surface area contributed by atoms with E-state index in [0.29, 0.717) is 6.85 Å². The molecule has 1 nitrogen and oxygen atoms in total. The average molecular weight is 163 g/mol. The molecule has 1 aliphatic heterocycles. The first kappa shape index (κ1) is 9.43. The van der Waals surface area contributed by atoms with Crippen LogP contribution in [0.2, 0.25) is 6.32 Å². The molecule has 0 amide bonds. The van der Waals surface area contributed by atoms with E-state index in [4.69, 9.17) is 0 Å². The summed E-state index contributed by atoms with van der Waals surface area (Å²) in [6, 6.07) is 0. The lowest BCUT2D eigenvalue weighted by Gasteiger charge is -2.26. The highest BCUT2D eigenvalue weighted by Gasteiger charge is 2.16. The maximum atomic E-state index is 2.40. The van der Waals surface area contributed by atoms with Crippen molar-refractivity contribution in [2.45, 2.75) is 33.0 Å². The molecule has 2 heteroatoms. The third-order valence-corrected chi connectivity index (χ3v) is 2.37. The predicted molar refractivity (Wildman–Crippen MR) is 56.1 cm³/mol. The van der Waals surface area contributed by atoms with Gasteiger partial charge in [0.1, 0.15) is 0 Å². The van der Waals surface area contributed by atoms with Crippen LogP contribution in [0, 0.1) is 0 Å². The van der Waals surface area contributed by atoms with Crippen molar-refractivity contribution in [3.8, 4) is 0 Å². The van der Waals surface area contributed by atoms with Crippen molar-refractivity contribution in [1.82, 2.24) is 4.81 Å². The Morgan fingerprint density at radius 3 is 2.75 bits per heavy atom. The second-order valence-electron chi connectivity index (χ2n) is 3.27. The molecule has 0 saturated heterocycles. The maximum Gasteiger partial charge on any atom is 0.280 e. The van der Waals surface area contributed by atoms with Crippen molar-refractivity contribution < 1.29 is 0 Å². The second kappa shape index (κ2) is 5.07. The molecule has 0 aromatic carbocycles. The fourth-order valence-electron chi connectivity index (χ4n) is 1.59. The van der Waals surface area contributed by atoms with Crippen molar-refractivity contribution in [2.75, 3.05) is 6.54 Å². The van der Waals surface area contributed by atoms with Gasteiger partial charge in [0.05, 0.1) is 0 Å². The van der Waals surface area contributed by atoms with E-state index in [0.717, 1.165) is 6.54 Å². The van der Waals surface area contributed by atoms with E-state index in [1.54, 1.807) is 0 Å². The Labute approximate surface area is 76.2 Å². The van der Waals surface area contributed by atoms with Gasteiger partial charge in [0.25, 0.3) is 6.85 Å². The average Bonchev–Trinajstić information content (AvgIpc) is 2.15. The number of hydrogen-bond donors (Lipinski definition) is 0. The van der Waals surface area contributed by atoms with E-state index >= 15 is 0 Å². The largest absolute Gasteiger partial charge is 0.417 e. The van der Waals surface area contributed by atoms with Gasteiger partial charge in [-0.15, -0.1) is 0 Å². The van der Waals surface area contributed by atoms with Gasteiger partial charge in [0, 0.05) is 6.54 Å². The second-order valence-corrected chi connectivity index (χ2v) is 3.27. The van der Waals surface area contributed by atoms with Crippen molar-refractivity contribution in [3.63, 3.8) is 0 Å². The molecule has 0 aromatic heterocycles. The van der Waals surface area contributed by atoms with Gasteiger partial charge in [0.15, 0.2) is 0 Å². The molecular weight excluding hydrogens is 145 g/mol. The van der Waals surface area contributed by atoms with Gasteiger partial charge in [-0.05, 0) is 25.5 Å². The van der Waals surface area contributed by atoms with E-state index in [9.17, 15) is 0 Å². The fourth-order valence-corrected chi connectivity index (χ4v) is 1.59. The van der Waals surface area contributed by atoms with E-state index in [1.807, 2.05) is 0 Å². The van der Waals surface area contributed by atoms with Crippen LogP contribution in [0.25, 0.3) is 0 Å². The summed E-state index contributed by atoms with van der Waals surface area (Å²) in [6.07, 6.45) is 10.4. The zero-order valence-electron chi connectivity index (χ0n) is 8.16. The van der Waals surface area contributed by atoms with Crippen molar-refractivity contribution in [3.05, 3.63) is 24.3 Å². The number of allylic oxidation sites excluding steroid dienone is 2. The number of rotatable bonds is 4. The SMILES string of the molecule is CCCCB1C=CC=CN1CC. The van der Waals surface area contributed by atoms with Crippen molar-refractivity contribution >= 4 is 6.85 Å². The van der Waals surface area contributed by atoms with Gasteiger partial charge >= 0.3 is 0 Å². The number of hydrogen-bond acceptors (Lipinski definition) is 1. The molecule has 0 bridgehead atoms. The lowest BCUT2D eigenvalue weighted by atomic mass is 9.55. The molecule has 0 unspecified atom stereocenters. The van der Waals surface area contributed by atoms with Crippen LogP contribution >= 0.6 is 0 Å². The first-order valence-electron chi connectivity index (χ1n) is 4.99. The molecule has 0 radical (unpaired) electrons. The quantitative estimate of drug-likeness (QED) is 0.576. The summed E-state index contributed by atoms with van der Waals surface area (Å²) in [4.78, 5) is 2.40. The van der Waals surface area contributed by atoms with Crippen LogP contribution in [-0.4, -0.2) is 18.2 Å². The minimum atomic E-state index is 0.653. The van der Waals surface area contributed by atoms with Crippen LogP contribution < -0.4 is 0 Å². The third-order valence-electron chi connectivity index (χ3n) is 2.37. The van der Waals surface area contributed by atoms with Gasteiger partial charge in [-0.1, -0.05) is 31.8 Å². The highest BCUT2D eigenvalue weighted by Crippen LogP contribution is 2.11. The normalized spacial score (nSPS) is 15.8. The molecular formula is C10H18BN. The molecule has 0 spiro atoms. The molecule has 66 valence electrons. The lowest BCUT2D eigenvalue weighted by Crippen LogP contribution is -2.34. The summed E-state index contributed by atoms with van der Waals surface area (Å²) in [6.45, 7) is 6.23. The summed E-state index contributed by atoms with van der Waals surface area (Å²) >= 11 is 0. The molecule has 1 rings (SSSR count). The Morgan fingerprint density at radius 2 is 2.08 bits per heavy atom. The van der Waals surface area contributed by atoms with E-state index in [-0.39, 0.29) is 0 Å². The molecule has 0 saturated carbocycles. The van der Waals surface area contributed by atoms with Crippen LogP contribution in [0.15, 0.2) is 24.3 Å². The summed E-state index contributed by atoms with van der Waals surface area (Å²) in [7, 11) is 0. The Bertz CT molecular complexity index is 175. The maximum absolute atomic E-state index is 2.40. The zero-order valence-corrected chi connectivity index (χ0v) is 8.16. The van der Waals surface area contributed by atoms with Crippen LogP contribution in [0.4, 0.5) is 0 Å². The third kappa shape index (κ3) is 2.44. The molecule has 0 atom stereocenters. The summed E-state index contributed by atoms with van der Waals surface area (Å²) < 4.78 is 0. The highest BCUT2D eigenvalue weighted by atomic mass is 15.0. The van der Waals surface area contributed by atoms with Gasteiger partial charge in [0.2, 0.25) is 0 Å². The standard InChI is InChI=1S/C10H18BN/c1-3-5-8-11-9-6-7-10-12(11)4-2/h6-7,9-10H,3-5,8H2,1-2H3. The van der Waals surface area contributed by atoms with Gasteiger partial charge in [-0.25, -0.2) is 0 Å². The molecule has 0 aromatic rings. The topological polar surface area (TPSA) is 3.24 Å². The minimum absolute atomic E-state index is 0.653. The van der Waals surface area contributed by atoms with Gasteiger partial charge in [-0.3, -0.25) is 0 Å². The highest BCUT2D eigenvalue weighted by molar-refractivity contribution is 6.62. The van der Waals surface area contributed by atoms with Gasteiger partial charge in [-0.2, -0.15) is 0 Å². The lowest BCUT2D eigenvalue weighted by molar-refractivity contribution is 0.601. The van der Waals surface area contributed by atoms with Gasteiger partial charge < -0.3 is 4.81 Å². The molecule has 12 heavy (non-hydrogen) atoms. The van der Waals surface area contributed by atoms with E-state index in [1.165, 1.54) is 19.2 Å². The van der Waals surface area contributed by atoms with Crippen LogP contribution in [0.3, 0.4) is 0 Å². The van der Waals surface area contributed by atoms with Crippen LogP contribution in [0.5, 0.6) is 0 Å². The van der Waals surface area contributed by atoms with Crippen LogP contribution in [0.1, 0.15) is 26.7 Å². The Hall–Kier alpha value is -0.655. The number of nitrogens with zero attached hydrogens (tertiary/aromatic N) is 1. The van der Waals surface area contributed by atoms with Crippen molar-refractivity contribution in [2.24, 2.45) is 0 Å². The zero-order chi connectivity index (χ0) is 8.81.